The van der Waals surface area contributed by atoms with Gasteiger partial charge in [-0.2, -0.15) is 4.39 Å². The molecule has 11 heteroatoms. The van der Waals surface area contributed by atoms with Crippen LogP contribution in [0.4, 0.5) is 10.1 Å². The standard InChI is InChI=1S/C15H17FN2O8/c1-6(19)23-11-12(24-7(2)20)15(25-8(3)21)26-14(11)18-5-4-9(17)10(16)13(18)22/h4-5,11-12,14-15H,17H2,1-3H3. The van der Waals surface area contributed by atoms with Gasteiger partial charge in [0.15, 0.2) is 12.3 Å². The highest BCUT2D eigenvalue weighted by Crippen LogP contribution is 2.34. The lowest BCUT2D eigenvalue weighted by Gasteiger charge is -2.23. The van der Waals surface area contributed by atoms with E-state index >= 15 is 0 Å². The van der Waals surface area contributed by atoms with Crippen LogP contribution in [0.1, 0.15) is 27.0 Å². The second-order valence-electron chi connectivity index (χ2n) is 5.45. The van der Waals surface area contributed by atoms with E-state index in [4.69, 9.17) is 24.7 Å². The number of nitrogens with two attached hydrogens (primary N) is 1. The van der Waals surface area contributed by atoms with Gasteiger partial charge in [0.2, 0.25) is 18.2 Å². The number of pyridine rings is 1. The number of rotatable bonds is 4. The Kier molecular flexibility index (Phi) is 5.60. The topological polar surface area (TPSA) is 136 Å². The van der Waals surface area contributed by atoms with Crippen LogP contribution >= 0.6 is 0 Å². The molecule has 1 saturated heterocycles. The van der Waals surface area contributed by atoms with Crippen molar-refractivity contribution < 1.29 is 37.7 Å². The van der Waals surface area contributed by atoms with Crippen LogP contribution in [-0.4, -0.2) is 41.0 Å². The molecule has 0 aromatic carbocycles. The third-order valence-corrected chi connectivity index (χ3v) is 3.40. The fourth-order valence-corrected chi connectivity index (χ4v) is 2.46. The number of carbonyl (C=O) groups excluding carboxylic acids is 3. The molecule has 0 bridgehead atoms. The Balaban J connectivity index is 2.50. The smallest absolute Gasteiger partial charge is 0.305 e. The molecule has 0 amide bonds. The number of nitrogens with zero attached hydrogens (tertiary/aromatic N) is 1. The second kappa shape index (κ2) is 7.52. The average Bonchev–Trinajstić information content (AvgIpc) is 2.81. The van der Waals surface area contributed by atoms with Crippen molar-refractivity contribution in [3.05, 3.63) is 28.4 Å². The summed E-state index contributed by atoms with van der Waals surface area (Å²) in [7, 11) is 0. The molecule has 1 fully saturated rings. The van der Waals surface area contributed by atoms with Gasteiger partial charge < -0.3 is 24.7 Å². The van der Waals surface area contributed by atoms with Gasteiger partial charge >= 0.3 is 17.9 Å². The summed E-state index contributed by atoms with van der Waals surface area (Å²) in [5.41, 5.74) is 3.79. The average molecular weight is 372 g/mol. The van der Waals surface area contributed by atoms with E-state index in [2.05, 4.69) is 0 Å². The molecule has 4 unspecified atom stereocenters. The number of hydrogen-bond acceptors (Lipinski definition) is 9. The van der Waals surface area contributed by atoms with Crippen molar-refractivity contribution in [1.29, 1.82) is 0 Å². The minimum atomic E-state index is -1.47. The summed E-state index contributed by atoms with van der Waals surface area (Å²) in [6, 6.07) is 1.10. The van der Waals surface area contributed by atoms with E-state index in [1.54, 1.807) is 0 Å². The largest absolute Gasteiger partial charge is 0.453 e. The first-order valence-electron chi connectivity index (χ1n) is 7.45. The quantitative estimate of drug-likeness (QED) is 0.565. The summed E-state index contributed by atoms with van der Waals surface area (Å²) >= 11 is 0. The number of ether oxygens (including phenoxy) is 4. The van der Waals surface area contributed by atoms with Gasteiger partial charge in [-0.3, -0.25) is 23.7 Å². The van der Waals surface area contributed by atoms with E-state index in [0.717, 1.165) is 37.6 Å². The fourth-order valence-electron chi connectivity index (χ4n) is 2.46. The Morgan fingerprint density at radius 1 is 1.08 bits per heavy atom. The Morgan fingerprint density at radius 3 is 2.15 bits per heavy atom. The van der Waals surface area contributed by atoms with E-state index in [9.17, 15) is 23.6 Å². The molecule has 26 heavy (non-hydrogen) atoms. The summed E-state index contributed by atoms with van der Waals surface area (Å²) in [5.74, 6) is -3.57. The van der Waals surface area contributed by atoms with E-state index in [1.807, 2.05) is 0 Å². The SMILES string of the molecule is CC(=O)OC1OC(n2ccc(N)c(F)c2=O)C(OC(C)=O)C1OC(C)=O. The van der Waals surface area contributed by atoms with Crippen molar-refractivity contribution in [2.24, 2.45) is 0 Å². The molecule has 2 heterocycles. The third-order valence-electron chi connectivity index (χ3n) is 3.40. The lowest BCUT2D eigenvalue weighted by molar-refractivity contribution is -0.198. The highest BCUT2D eigenvalue weighted by molar-refractivity contribution is 5.68. The number of halogens is 1. The van der Waals surface area contributed by atoms with Crippen LogP contribution in [-0.2, 0) is 33.3 Å². The zero-order valence-electron chi connectivity index (χ0n) is 14.1. The predicted molar refractivity (Wildman–Crippen MR) is 81.9 cm³/mol. The van der Waals surface area contributed by atoms with Crippen molar-refractivity contribution >= 4 is 23.6 Å². The van der Waals surface area contributed by atoms with Crippen LogP contribution in [0.2, 0.25) is 0 Å². The molecule has 1 aliphatic rings. The van der Waals surface area contributed by atoms with E-state index in [0.29, 0.717) is 0 Å². The third kappa shape index (κ3) is 3.99. The van der Waals surface area contributed by atoms with Gasteiger partial charge in [-0.1, -0.05) is 0 Å². The minimum Gasteiger partial charge on any atom is -0.453 e. The van der Waals surface area contributed by atoms with Crippen molar-refractivity contribution in [2.45, 2.75) is 45.5 Å². The summed E-state index contributed by atoms with van der Waals surface area (Å²) in [6.07, 6.45) is -4.52. The molecule has 10 nitrogen and oxygen atoms in total. The zero-order chi connectivity index (χ0) is 19.6. The molecular weight excluding hydrogens is 355 g/mol. The maximum Gasteiger partial charge on any atom is 0.305 e. The molecule has 142 valence electrons. The van der Waals surface area contributed by atoms with Gasteiger partial charge in [-0.25, -0.2) is 0 Å². The number of carbonyl (C=O) groups is 3. The highest BCUT2D eigenvalue weighted by atomic mass is 19.1. The van der Waals surface area contributed by atoms with Crippen LogP contribution in [0.15, 0.2) is 17.1 Å². The molecule has 1 aromatic rings. The number of anilines is 1. The molecule has 1 aromatic heterocycles. The summed E-state index contributed by atoms with van der Waals surface area (Å²) in [5, 5.41) is 0. The van der Waals surface area contributed by atoms with Gasteiger partial charge in [-0.05, 0) is 6.07 Å². The monoisotopic (exact) mass is 372 g/mol. The van der Waals surface area contributed by atoms with Crippen molar-refractivity contribution in [3.8, 4) is 0 Å². The Labute approximate surface area is 146 Å². The molecule has 0 spiro atoms. The second-order valence-corrected chi connectivity index (χ2v) is 5.45. The van der Waals surface area contributed by atoms with Gasteiger partial charge in [0, 0.05) is 27.0 Å². The van der Waals surface area contributed by atoms with Gasteiger partial charge in [-0.15, -0.1) is 0 Å². The fraction of sp³-hybridized carbons (Fsp3) is 0.467. The van der Waals surface area contributed by atoms with Gasteiger partial charge in [0.05, 0.1) is 5.69 Å². The van der Waals surface area contributed by atoms with Crippen molar-refractivity contribution in [3.63, 3.8) is 0 Å². The van der Waals surface area contributed by atoms with E-state index < -0.39 is 54.0 Å². The predicted octanol–water partition coefficient (Wildman–Crippen LogP) is -0.149. The highest BCUT2D eigenvalue weighted by Gasteiger charge is 2.52. The summed E-state index contributed by atoms with van der Waals surface area (Å²) < 4.78 is 35.1. The molecular formula is C15H17FN2O8. The summed E-state index contributed by atoms with van der Waals surface area (Å²) in [6.45, 7) is 3.24. The van der Waals surface area contributed by atoms with Crippen molar-refractivity contribution in [2.75, 3.05) is 5.73 Å². The zero-order valence-corrected chi connectivity index (χ0v) is 14.1. The number of nitrogen functional groups attached to an aromatic ring is 1. The lowest BCUT2D eigenvalue weighted by atomic mass is 10.2. The molecule has 0 aliphatic carbocycles. The van der Waals surface area contributed by atoms with Crippen LogP contribution in [0, 0.1) is 5.82 Å². The minimum absolute atomic E-state index is 0.388. The first-order chi connectivity index (χ1) is 12.1. The molecule has 2 rings (SSSR count). The van der Waals surface area contributed by atoms with Gasteiger partial charge in [0.1, 0.15) is 0 Å². The summed E-state index contributed by atoms with van der Waals surface area (Å²) in [4.78, 5) is 46.2. The number of hydrogen-bond donors (Lipinski definition) is 1. The first kappa shape index (κ1) is 19.4. The molecule has 2 N–H and O–H groups in total. The van der Waals surface area contributed by atoms with E-state index in [-0.39, 0.29) is 5.69 Å². The Bertz CT molecular complexity index is 792. The van der Waals surface area contributed by atoms with Crippen molar-refractivity contribution in [1.82, 2.24) is 4.57 Å². The number of aromatic nitrogens is 1. The molecule has 0 saturated carbocycles. The van der Waals surface area contributed by atoms with Crippen LogP contribution in [0.3, 0.4) is 0 Å². The van der Waals surface area contributed by atoms with Crippen LogP contribution in [0.25, 0.3) is 0 Å². The Hall–Kier alpha value is -2.95. The van der Waals surface area contributed by atoms with Crippen LogP contribution in [0.5, 0.6) is 0 Å². The molecule has 1 aliphatic heterocycles. The lowest BCUT2D eigenvalue weighted by Crippen LogP contribution is -2.41. The Morgan fingerprint density at radius 2 is 1.62 bits per heavy atom. The van der Waals surface area contributed by atoms with Crippen LogP contribution < -0.4 is 11.3 Å². The maximum atomic E-state index is 13.9. The molecule has 0 radical (unpaired) electrons. The van der Waals surface area contributed by atoms with Gasteiger partial charge in [0.25, 0.3) is 5.56 Å². The maximum absolute atomic E-state index is 13.9. The first-order valence-corrected chi connectivity index (χ1v) is 7.45. The van der Waals surface area contributed by atoms with E-state index in [1.165, 1.54) is 0 Å². The number of esters is 3. The molecule has 4 atom stereocenters. The normalized spacial score (nSPS) is 24.8.